The molecule has 130 valence electrons. The van der Waals surface area contributed by atoms with E-state index in [4.69, 9.17) is 23.2 Å². The number of sulfone groups is 1. The maximum absolute atomic E-state index is 13.1. The van der Waals surface area contributed by atoms with Crippen molar-refractivity contribution in [1.82, 2.24) is 4.31 Å². The van der Waals surface area contributed by atoms with Crippen molar-refractivity contribution in [1.29, 1.82) is 0 Å². The largest absolute Gasteiger partial charge is 0.246 e. The Morgan fingerprint density at radius 1 is 1.26 bits per heavy atom. The number of benzene rings is 1. The molecule has 0 bridgehead atoms. The van der Waals surface area contributed by atoms with Gasteiger partial charge in [0.15, 0.2) is 9.84 Å². The minimum absolute atomic E-state index is 0.00195. The van der Waals surface area contributed by atoms with E-state index < -0.39 is 25.9 Å². The quantitative estimate of drug-likeness (QED) is 0.762. The summed E-state index contributed by atoms with van der Waals surface area (Å²) in [6, 6.07) is 3.90. The Bertz CT molecular complexity index is 771. The Balaban J connectivity index is 2.50. The average molecular weight is 400 g/mol. The summed E-state index contributed by atoms with van der Waals surface area (Å²) >= 11 is 12.1. The predicted molar refractivity (Wildman–Crippen MR) is 92.3 cm³/mol. The van der Waals surface area contributed by atoms with Crippen LogP contribution in [0.2, 0.25) is 10.0 Å². The van der Waals surface area contributed by atoms with Crippen LogP contribution in [0.5, 0.6) is 0 Å². The Morgan fingerprint density at radius 3 is 2.26 bits per heavy atom. The van der Waals surface area contributed by atoms with Crippen molar-refractivity contribution in [2.24, 2.45) is 5.92 Å². The van der Waals surface area contributed by atoms with Crippen molar-refractivity contribution in [2.75, 3.05) is 18.1 Å². The molecule has 0 saturated carbocycles. The molecule has 2 rings (SSSR count). The van der Waals surface area contributed by atoms with E-state index in [1.165, 1.54) is 16.4 Å². The maximum atomic E-state index is 13.1. The van der Waals surface area contributed by atoms with Crippen LogP contribution >= 0.6 is 23.2 Å². The van der Waals surface area contributed by atoms with Gasteiger partial charge in [0.05, 0.1) is 21.6 Å². The molecule has 0 amide bonds. The number of sulfonamides is 1. The Morgan fingerprint density at radius 2 is 1.83 bits per heavy atom. The standard InChI is InChI=1S/C14H19Cl2NO4S2/c1-10(2)8-17(11-6-7-22(18,19)9-11)23(20,21)14-12(15)4-3-5-13(14)16/h3-5,10-11H,6-9H2,1-2H3. The summed E-state index contributed by atoms with van der Waals surface area (Å²) in [5.74, 6) is -0.131. The van der Waals surface area contributed by atoms with Gasteiger partial charge in [-0.3, -0.25) is 0 Å². The summed E-state index contributed by atoms with van der Waals surface area (Å²) in [7, 11) is -7.20. The third-order valence-corrected chi connectivity index (χ3v) is 8.27. The van der Waals surface area contributed by atoms with Crippen LogP contribution in [0, 0.1) is 5.92 Å². The SMILES string of the molecule is CC(C)CN(C1CCS(=O)(=O)C1)S(=O)(=O)c1c(Cl)cccc1Cl. The molecule has 23 heavy (non-hydrogen) atoms. The molecule has 0 spiro atoms. The van der Waals surface area contributed by atoms with E-state index in [1.807, 2.05) is 13.8 Å². The van der Waals surface area contributed by atoms with E-state index >= 15 is 0 Å². The van der Waals surface area contributed by atoms with Gasteiger partial charge >= 0.3 is 0 Å². The lowest BCUT2D eigenvalue weighted by atomic mass is 10.2. The van der Waals surface area contributed by atoms with Crippen molar-refractivity contribution in [3.8, 4) is 0 Å². The number of hydrogen-bond acceptors (Lipinski definition) is 4. The van der Waals surface area contributed by atoms with Crippen LogP contribution in [0.3, 0.4) is 0 Å². The normalized spacial score (nSPS) is 21.2. The molecule has 0 radical (unpaired) electrons. The Kier molecular flexibility index (Phi) is 5.68. The summed E-state index contributed by atoms with van der Waals surface area (Å²) in [5, 5.41) is 0.0687. The van der Waals surface area contributed by atoms with Gasteiger partial charge in [0.2, 0.25) is 10.0 Å². The average Bonchev–Trinajstić information content (AvgIpc) is 2.75. The fraction of sp³-hybridized carbons (Fsp3) is 0.571. The predicted octanol–water partition coefficient (Wildman–Crippen LogP) is 2.83. The number of halogens is 2. The van der Waals surface area contributed by atoms with Gasteiger partial charge in [0, 0.05) is 12.6 Å². The molecule has 0 aliphatic carbocycles. The van der Waals surface area contributed by atoms with Crippen LogP contribution in [0.4, 0.5) is 0 Å². The zero-order valence-corrected chi connectivity index (χ0v) is 16.0. The highest BCUT2D eigenvalue weighted by molar-refractivity contribution is 7.92. The van der Waals surface area contributed by atoms with Crippen molar-refractivity contribution in [3.63, 3.8) is 0 Å². The molecule has 1 aliphatic heterocycles. The first-order valence-corrected chi connectivity index (χ1v) is 11.2. The second-order valence-corrected chi connectivity index (χ2v) is 10.9. The molecule has 1 fully saturated rings. The molecule has 1 heterocycles. The van der Waals surface area contributed by atoms with Crippen LogP contribution < -0.4 is 0 Å². The van der Waals surface area contributed by atoms with E-state index in [0.29, 0.717) is 0 Å². The van der Waals surface area contributed by atoms with Gasteiger partial charge in [-0.1, -0.05) is 43.1 Å². The second kappa shape index (κ2) is 6.88. The molecule has 9 heteroatoms. The molecule has 1 unspecified atom stereocenters. The lowest BCUT2D eigenvalue weighted by Gasteiger charge is -2.29. The van der Waals surface area contributed by atoms with Gasteiger partial charge in [-0.25, -0.2) is 16.8 Å². The van der Waals surface area contributed by atoms with Crippen molar-refractivity contribution >= 4 is 43.1 Å². The fourth-order valence-corrected chi connectivity index (χ4v) is 7.39. The van der Waals surface area contributed by atoms with Crippen molar-refractivity contribution in [2.45, 2.75) is 31.2 Å². The molecule has 0 N–H and O–H groups in total. The van der Waals surface area contributed by atoms with Crippen LogP contribution in [-0.2, 0) is 19.9 Å². The molecule has 1 aromatic rings. The highest BCUT2D eigenvalue weighted by Gasteiger charge is 2.40. The van der Waals surface area contributed by atoms with Crippen molar-refractivity contribution in [3.05, 3.63) is 28.2 Å². The zero-order chi connectivity index (χ0) is 17.4. The maximum Gasteiger partial charge on any atom is 0.246 e. The molecule has 0 aromatic heterocycles. The molecule has 1 aromatic carbocycles. The fourth-order valence-electron chi connectivity index (χ4n) is 2.65. The van der Waals surface area contributed by atoms with Gasteiger partial charge in [-0.2, -0.15) is 4.31 Å². The third-order valence-electron chi connectivity index (χ3n) is 3.65. The number of nitrogens with zero attached hydrogens (tertiary/aromatic N) is 1. The highest BCUT2D eigenvalue weighted by atomic mass is 35.5. The minimum atomic E-state index is -3.99. The van der Waals surface area contributed by atoms with Gasteiger partial charge in [0.1, 0.15) is 4.90 Å². The smallest absolute Gasteiger partial charge is 0.229 e. The summed E-state index contributed by atoms with van der Waals surface area (Å²) in [4.78, 5) is -0.159. The van der Waals surface area contributed by atoms with Gasteiger partial charge in [-0.15, -0.1) is 0 Å². The van der Waals surface area contributed by atoms with E-state index in [0.717, 1.165) is 0 Å². The number of rotatable bonds is 5. The lowest BCUT2D eigenvalue weighted by Crippen LogP contribution is -2.43. The van der Waals surface area contributed by atoms with E-state index in [9.17, 15) is 16.8 Å². The molecule has 5 nitrogen and oxygen atoms in total. The zero-order valence-electron chi connectivity index (χ0n) is 12.9. The Hall–Kier alpha value is -0.340. The van der Waals surface area contributed by atoms with Crippen LogP contribution in [-0.4, -0.2) is 45.2 Å². The van der Waals surface area contributed by atoms with Gasteiger partial charge < -0.3 is 0 Å². The van der Waals surface area contributed by atoms with Crippen LogP contribution in [0.1, 0.15) is 20.3 Å². The van der Waals surface area contributed by atoms with E-state index in [-0.39, 0.29) is 45.3 Å². The molecule has 1 atom stereocenters. The number of hydrogen-bond donors (Lipinski definition) is 0. The minimum Gasteiger partial charge on any atom is -0.229 e. The third kappa shape index (κ3) is 4.20. The summed E-state index contributed by atoms with van der Waals surface area (Å²) in [6.45, 7) is 3.96. The van der Waals surface area contributed by atoms with Crippen LogP contribution in [0.25, 0.3) is 0 Å². The second-order valence-electron chi connectivity index (χ2n) is 6.08. The first kappa shape index (κ1) is 19.0. The molecular weight excluding hydrogens is 381 g/mol. The van der Waals surface area contributed by atoms with Crippen LogP contribution in [0.15, 0.2) is 23.1 Å². The first-order chi connectivity index (χ1) is 10.5. The van der Waals surface area contributed by atoms with E-state index in [1.54, 1.807) is 6.07 Å². The monoisotopic (exact) mass is 399 g/mol. The summed E-state index contributed by atoms with van der Waals surface area (Å²) < 4.78 is 50.9. The first-order valence-electron chi connectivity index (χ1n) is 7.21. The van der Waals surface area contributed by atoms with Crippen molar-refractivity contribution < 1.29 is 16.8 Å². The highest BCUT2D eigenvalue weighted by Crippen LogP contribution is 2.34. The molecule has 1 aliphatic rings. The molecular formula is C14H19Cl2NO4S2. The summed E-state index contributed by atoms with van der Waals surface area (Å²) in [6.07, 6.45) is 0.288. The summed E-state index contributed by atoms with van der Waals surface area (Å²) in [5.41, 5.74) is 0. The van der Waals surface area contributed by atoms with Gasteiger partial charge in [0.25, 0.3) is 0 Å². The lowest BCUT2D eigenvalue weighted by molar-refractivity contribution is 0.308. The van der Waals surface area contributed by atoms with E-state index in [2.05, 4.69) is 0 Å². The topological polar surface area (TPSA) is 71.5 Å². The molecule has 1 saturated heterocycles. The Labute approximate surface area is 147 Å². The van der Waals surface area contributed by atoms with Gasteiger partial charge in [-0.05, 0) is 24.5 Å².